The maximum Gasteiger partial charge on any atom is 0.0944 e. The molecule has 1 saturated heterocycles. The fourth-order valence-electron chi connectivity index (χ4n) is 2.98. The van der Waals surface area contributed by atoms with Crippen molar-refractivity contribution in [1.82, 2.24) is 14.8 Å². The van der Waals surface area contributed by atoms with Crippen molar-refractivity contribution >= 4 is 11.3 Å². The van der Waals surface area contributed by atoms with Crippen LogP contribution in [0.5, 0.6) is 0 Å². The molecule has 0 atom stereocenters. The van der Waals surface area contributed by atoms with Crippen LogP contribution >= 0.6 is 11.3 Å². The van der Waals surface area contributed by atoms with Gasteiger partial charge in [-0.05, 0) is 19.4 Å². The summed E-state index contributed by atoms with van der Waals surface area (Å²) in [7, 11) is 0. The van der Waals surface area contributed by atoms with Crippen molar-refractivity contribution in [2.75, 3.05) is 39.3 Å². The molecule has 3 rings (SSSR count). The van der Waals surface area contributed by atoms with E-state index < -0.39 is 0 Å². The zero-order chi connectivity index (χ0) is 14.7. The van der Waals surface area contributed by atoms with E-state index in [2.05, 4.69) is 22.8 Å². The molecular formula is C16H24N4S. The standard InChI is InChI=1S/C16H24N4S/c1-2-19-9-11-20(12-10-19)8-6-15-18-16(13-3-4-13)14(21-15)5-7-17/h13H,2-6,8-12H2,1H3. The first-order chi connectivity index (χ1) is 10.3. The third-order valence-corrected chi connectivity index (χ3v) is 5.66. The first-order valence-corrected chi connectivity index (χ1v) is 8.92. The highest BCUT2D eigenvalue weighted by atomic mass is 32.1. The lowest BCUT2D eigenvalue weighted by atomic mass is 10.2. The molecule has 1 aliphatic carbocycles. The van der Waals surface area contributed by atoms with Crippen molar-refractivity contribution < 1.29 is 0 Å². The van der Waals surface area contributed by atoms with Gasteiger partial charge in [0.05, 0.1) is 23.2 Å². The molecule has 0 amide bonds. The monoisotopic (exact) mass is 304 g/mol. The molecule has 1 aromatic heterocycles. The molecule has 0 N–H and O–H groups in total. The molecule has 0 unspecified atom stereocenters. The van der Waals surface area contributed by atoms with Gasteiger partial charge >= 0.3 is 0 Å². The van der Waals surface area contributed by atoms with Gasteiger partial charge in [-0.1, -0.05) is 6.92 Å². The van der Waals surface area contributed by atoms with Gasteiger partial charge in [0.25, 0.3) is 0 Å². The van der Waals surface area contributed by atoms with Crippen LogP contribution in [0.15, 0.2) is 0 Å². The van der Waals surface area contributed by atoms with Crippen molar-refractivity contribution in [2.24, 2.45) is 0 Å². The number of hydrogen-bond acceptors (Lipinski definition) is 5. The Bertz CT molecular complexity index is 507. The SMILES string of the molecule is CCN1CCN(CCc2nc(C3CC3)c(CC#N)s2)CC1. The third kappa shape index (κ3) is 3.82. The fraction of sp³-hybridized carbons (Fsp3) is 0.750. The van der Waals surface area contributed by atoms with Crippen molar-refractivity contribution in [2.45, 2.75) is 38.5 Å². The summed E-state index contributed by atoms with van der Waals surface area (Å²) in [6.45, 7) is 9.27. The van der Waals surface area contributed by atoms with Gasteiger partial charge in [0.1, 0.15) is 0 Å². The van der Waals surface area contributed by atoms with Crippen LogP contribution in [0, 0.1) is 11.3 Å². The van der Waals surface area contributed by atoms with E-state index in [1.165, 1.54) is 61.1 Å². The minimum Gasteiger partial charge on any atom is -0.301 e. The predicted octanol–water partition coefficient (Wildman–Crippen LogP) is 2.27. The molecule has 114 valence electrons. The van der Waals surface area contributed by atoms with E-state index in [0.717, 1.165) is 13.0 Å². The van der Waals surface area contributed by atoms with Gasteiger partial charge in [0, 0.05) is 49.9 Å². The van der Waals surface area contributed by atoms with Gasteiger partial charge in [-0.2, -0.15) is 5.26 Å². The summed E-state index contributed by atoms with van der Waals surface area (Å²) < 4.78 is 0. The summed E-state index contributed by atoms with van der Waals surface area (Å²) >= 11 is 1.78. The van der Waals surface area contributed by atoms with Gasteiger partial charge in [-0.25, -0.2) is 4.98 Å². The molecule has 0 bridgehead atoms. The van der Waals surface area contributed by atoms with Crippen molar-refractivity contribution in [3.8, 4) is 6.07 Å². The average molecular weight is 304 g/mol. The van der Waals surface area contributed by atoms with Gasteiger partial charge in [-0.3, -0.25) is 0 Å². The van der Waals surface area contributed by atoms with E-state index >= 15 is 0 Å². The van der Waals surface area contributed by atoms with Crippen LogP contribution in [0.2, 0.25) is 0 Å². The summed E-state index contributed by atoms with van der Waals surface area (Å²) in [5.74, 6) is 0.659. The number of hydrogen-bond donors (Lipinski definition) is 0. The van der Waals surface area contributed by atoms with E-state index in [-0.39, 0.29) is 0 Å². The van der Waals surface area contributed by atoms with Crippen LogP contribution in [0.1, 0.15) is 41.3 Å². The average Bonchev–Trinajstić information content (AvgIpc) is 3.28. The lowest BCUT2D eigenvalue weighted by Crippen LogP contribution is -2.46. The number of nitrogens with zero attached hydrogens (tertiary/aromatic N) is 4. The minimum absolute atomic E-state index is 0.540. The van der Waals surface area contributed by atoms with E-state index in [9.17, 15) is 0 Å². The number of rotatable bonds is 6. The number of nitriles is 1. The molecular weight excluding hydrogens is 280 g/mol. The number of thiazole rings is 1. The highest BCUT2D eigenvalue weighted by Crippen LogP contribution is 2.42. The van der Waals surface area contributed by atoms with Crippen LogP contribution < -0.4 is 0 Å². The first kappa shape index (κ1) is 15.0. The number of piperazine rings is 1. The lowest BCUT2D eigenvalue weighted by molar-refractivity contribution is 0.138. The second-order valence-corrected chi connectivity index (χ2v) is 7.22. The highest BCUT2D eigenvalue weighted by Gasteiger charge is 2.29. The molecule has 0 spiro atoms. The maximum absolute atomic E-state index is 8.95. The maximum atomic E-state index is 8.95. The van der Waals surface area contributed by atoms with Crippen LogP contribution in [0.3, 0.4) is 0 Å². The van der Waals surface area contributed by atoms with E-state index in [1.807, 2.05) is 0 Å². The second-order valence-electron chi connectivity index (χ2n) is 6.05. The molecule has 5 heteroatoms. The van der Waals surface area contributed by atoms with Gasteiger partial charge in [0.15, 0.2) is 0 Å². The largest absolute Gasteiger partial charge is 0.301 e. The van der Waals surface area contributed by atoms with E-state index in [1.54, 1.807) is 11.3 Å². The Balaban J connectivity index is 1.53. The summed E-state index contributed by atoms with van der Waals surface area (Å²) in [6.07, 6.45) is 4.11. The molecule has 0 radical (unpaired) electrons. The smallest absolute Gasteiger partial charge is 0.0944 e. The van der Waals surface area contributed by atoms with Gasteiger partial charge < -0.3 is 9.80 Å². The summed E-state index contributed by atoms with van der Waals surface area (Å²) in [5, 5.41) is 10.2. The van der Waals surface area contributed by atoms with Crippen molar-refractivity contribution in [1.29, 1.82) is 5.26 Å². The Labute approximate surface area is 131 Å². The lowest BCUT2D eigenvalue weighted by Gasteiger charge is -2.33. The minimum atomic E-state index is 0.540. The Morgan fingerprint density at radius 3 is 2.57 bits per heavy atom. The zero-order valence-corrected chi connectivity index (χ0v) is 13.7. The molecule has 4 nitrogen and oxygen atoms in total. The highest BCUT2D eigenvalue weighted by molar-refractivity contribution is 7.11. The second kappa shape index (κ2) is 6.87. The zero-order valence-electron chi connectivity index (χ0n) is 12.8. The molecule has 1 aliphatic heterocycles. The predicted molar refractivity (Wildman–Crippen MR) is 85.7 cm³/mol. The Hall–Kier alpha value is -0.960. The molecule has 1 saturated carbocycles. The van der Waals surface area contributed by atoms with Gasteiger partial charge in [-0.15, -0.1) is 11.3 Å². The Kier molecular flexibility index (Phi) is 4.89. The molecule has 1 aromatic rings. The molecule has 0 aromatic carbocycles. The summed E-state index contributed by atoms with van der Waals surface area (Å²) in [5.41, 5.74) is 1.24. The Morgan fingerprint density at radius 1 is 1.24 bits per heavy atom. The van der Waals surface area contributed by atoms with Crippen LogP contribution in [0.25, 0.3) is 0 Å². The number of likely N-dealkylation sites (N-methyl/N-ethyl adjacent to an activating group) is 1. The molecule has 2 heterocycles. The van der Waals surface area contributed by atoms with Crippen LogP contribution in [0.4, 0.5) is 0 Å². The number of aromatic nitrogens is 1. The van der Waals surface area contributed by atoms with E-state index in [4.69, 9.17) is 10.2 Å². The molecule has 2 aliphatic rings. The van der Waals surface area contributed by atoms with E-state index in [0.29, 0.717) is 12.3 Å². The van der Waals surface area contributed by atoms with Crippen molar-refractivity contribution in [3.05, 3.63) is 15.6 Å². The quantitative estimate of drug-likeness (QED) is 0.808. The van der Waals surface area contributed by atoms with Crippen LogP contribution in [-0.4, -0.2) is 54.1 Å². The Morgan fingerprint density at radius 2 is 1.95 bits per heavy atom. The third-order valence-electron chi connectivity index (χ3n) is 4.53. The first-order valence-electron chi connectivity index (χ1n) is 8.10. The molecule has 21 heavy (non-hydrogen) atoms. The summed E-state index contributed by atoms with van der Waals surface area (Å²) in [6, 6.07) is 2.29. The molecule has 2 fully saturated rings. The van der Waals surface area contributed by atoms with Crippen molar-refractivity contribution in [3.63, 3.8) is 0 Å². The topological polar surface area (TPSA) is 43.2 Å². The normalized spacial score (nSPS) is 20.6. The summed E-state index contributed by atoms with van der Waals surface area (Å²) in [4.78, 5) is 11.1. The van der Waals surface area contributed by atoms with Gasteiger partial charge in [0.2, 0.25) is 0 Å². The fourth-order valence-corrected chi connectivity index (χ4v) is 4.05. The van der Waals surface area contributed by atoms with Crippen LogP contribution in [-0.2, 0) is 12.8 Å².